The first-order chi connectivity index (χ1) is 5.52. The van der Waals surface area contributed by atoms with Gasteiger partial charge in [-0.3, -0.25) is 0 Å². The van der Waals surface area contributed by atoms with E-state index in [0.29, 0.717) is 0 Å². The lowest BCUT2D eigenvalue weighted by atomic mass is 9.99. The highest BCUT2D eigenvalue weighted by Crippen LogP contribution is 2.09. The molecule has 0 aliphatic heterocycles. The molecular weight excluding hydrogens is 146 g/mol. The van der Waals surface area contributed by atoms with Crippen LogP contribution in [0.5, 0.6) is 0 Å². The molecule has 0 aromatic heterocycles. The summed E-state index contributed by atoms with van der Waals surface area (Å²) in [5, 5.41) is 3.49. The Kier molecular flexibility index (Phi) is 6.45. The Hall–Kier alpha value is -0.0400. The van der Waals surface area contributed by atoms with Crippen LogP contribution in [0.25, 0.3) is 0 Å². The van der Waals surface area contributed by atoms with Gasteiger partial charge < -0.3 is 5.32 Å². The molecule has 1 heteroatoms. The SMILES string of the molecule is CC(C)CNCC(C)CC(C)C. The van der Waals surface area contributed by atoms with Gasteiger partial charge in [0.1, 0.15) is 0 Å². The zero-order chi connectivity index (χ0) is 9.56. The lowest BCUT2D eigenvalue weighted by Gasteiger charge is -2.15. The largest absolute Gasteiger partial charge is 0.316 e. The van der Waals surface area contributed by atoms with Gasteiger partial charge in [0.25, 0.3) is 0 Å². The third-order valence-corrected chi connectivity index (χ3v) is 1.92. The molecule has 0 aromatic carbocycles. The molecule has 0 rings (SSSR count). The summed E-state index contributed by atoms with van der Waals surface area (Å²) < 4.78 is 0. The van der Waals surface area contributed by atoms with Crippen LogP contribution in [0.15, 0.2) is 0 Å². The molecule has 0 saturated carbocycles. The normalized spacial score (nSPS) is 14.2. The summed E-state index contributed by atoms with van der Waals surface area (Å²) in [5.74, 6) is 2.43. The summed E-state index contributed by atoms with van der Waals surface area (Å²) in [6, 6.07) is 0. The molecule has 0 amide bonds. The predicted octanol–water partition coefficient (Wildman–Crippen LogP) is 2.91. The highest BCUT2D eigenvalue weighted by molar-refractivity contribution is 4.60. The Bertz CT molecular complexity index is 97.2. The first-order valence-electron chi connectivity index (χ1n) is 5.23. The molecule has 74 valence electrons. The van der Waals surface area contributed by atoms with Crippen molar-refractivity contribution < 1.29 is 0 Å². The van der Waals surface area contributed by atoms with Gasteiger partial charge in [-0.1, -0.05) is 34.6 Å². The van der Waals surface area contributed by atoms with Gasteiger partial charge in [-0.25, -0.2) is 0 Å². The summed E-state index contributed by atoms with van der Waals surface area (Å²) >= 11 is 0. The molecule has 0 saturated heterocycles. The van der Waals surface area contributed by atoms with E-state index in [2.05, 4.69) is 39.9 Å². The molecule has 1 nitrogen and oxygen atoms in total. The van der Waals surface area contributed by atoms with Gasteiger partial charge >= 0.3 is 0 Å². The van der Waals surface area contributed by atoms with Crippen molar-refractivity contribution >= 4 is 0 Å². The summed E-state index contributed by atoms with van der Waals surface area (Å²) in [6.07, 6.45) is 1.34. The molecule has 0 aliphatic carbocycles. The Balaban J connectivity index is 3.25. The number of hydrogen-bond acceptors (Lipinski definition) is 1. The smallest absolute Gasteiger partial charge is 0.00229 e. The van der Waals surface area contributed by atoms with E-state index in [-0.39, 0.29) is 0 Å². The van der Waals surface area contributed by atoms with Crippen LogP contribution >= 0.6 is 0 Å². The van der Waals surface area contributed by atoms with Gasteiger partial charge in [-0.2, -0.15) is 0 Å². The van der Waals surface area contributed by atoms with Gasteiger partial charge in [-0.15, -0.1) is 0 Å². The topological polar surface area (TPSA) is 12.0 Å². The van der Waals surface area contributed by atoms with Crippen LogP contribution in [0.3, 0.4) is 0 Å². The van der Waals surface area contributed by atoms with Crippen LogP contribution in [0.4, 0.5) is 0 Å². The first-order valence-corrected chi connectivity index (χ1v) is 5.23. The molecule has 1 atom stereocenters. The van der Waals surface area contributed by atoms with E-state index >= 15 is 0 Å². The van der Waals surface area contributed by atoms with Crippen LogP contribution in [0.1, 0.15) is 41.0 Å². The summed E-state index contributed by atoms with van der Waals surface area (Å²) in [5.41, 5.74) is 0. The van der Waals surface area contributed by atoms with E-state index in [1.165, 1.54) is 13.0 Å². The van der Waals surface area contributed by atoms with Crippen molar-refractivity contribution in [3.63, 3.8) is 0 Å². The Morgan fingerprint density at radius 3 is 1.83 bits per heavy atom. The Labute approximate surface area is 77.9 Å². The second-order valence-electron chi connectivity index (χ2n) is 4.79. The second-order valence-corrected chi connectivity index (χ2v) is 4.79. The van der Waals surface area contributed by atoms with E-state index in [0.717, 1.165) is 24.3 Å². The van der Waals surface area contributed by atoms with E-state index in [4.69, 9.17) is 0 Å². The van der Waals surface area contributed by atoms with Crippen LogP contribution in [0.2, 0.25) is 0 Å². The summed E-state index contributed by atoms with van der Waals surface area (Å²) in [7, 11) is 0. The number of nitrogens with one attached hydrogen (secondary N) is 1. The summed E-state index contributed by atoms with van der Waals surface area (Å²) in [6.45, 7) is 13.7. The lowest BCUT2D eigenvalue weighted by Crippen LogP contribution is -2.25. The first kappa shape index (κ1) is 12.0. The molecule has 0 heterocycles. The number of rotatable bonds is 6. The fourth-order valence-electron chi connectivity index (χ4n) is 1.51. The molecular formula is C11H25N. The van der Waals surface area contributed by atoms with Crippen molar-refractivity contribution in [1.29, 1.82) is 0 Å². The van der Waals surface area contributed by atoms with Crippen molar-refractivity contribution in [3.8, 4) is 0 Å². The van der Waals surface area contributed by atoms with Crippen LogP contribution in [0, 0.1) is 17.8 Å². The maximum atomic E-state index is 3.49. The maximum absolute atomic E-state index is 3.49. The second kappa shape index (κ2) is 6.47. The predicted molar refractivity (Wildman–Crippen MR) is 56.3 cm³/mol. The van der Waals surface area contributed by atoms with Gasteiger partial charge in [-0.05, 0) is 37.3 Å². The minimum atomic E-state index is 0.774. The molecule has 0 spiro atoms. The van der Waals surface area contributed by atoms with E-state index in [1.54, 1.807) is 0 Å². The van der Waals surface area contributed by atoms with Crippen molar-refractivity contribution in [2.75, 3.05) is 13.1 Å². The fraction of sp³-hybridized carbons (Fsp3) is 1.00. The Morgan fingerprint density at radius 2 is 1.42 bits per heavy atom. The van der Waals surface area contributed by atoms with Gasteiger partial charge in [0, 0.05) is 0 Å². The highest BCUT2D eigenvalue weighted by atomic mass is 14.9. The number of hydrogen-bond donors (Lipinski definition) is 1. The zero-order valence-corrected chi connectivity index (χ0v) is 9.35. The van der Waals surface area contributed by atoms with Crippen LogP contribution in [-0.4, -0.2) is 13.1 Å². The average Bonchev–Trinajstić information content (AvgIpc) is 1.84. The molecule has 12 heavy (non-hydrogen) atoms. The van der Waals surface area contributed by atoms with Gasteiger partial charge in [0.2, 0.25) is 0 Å². The molecule has 1 N–H and O–H groups in total. The standard InChI is InChI=1S/C11H25N/c1-9(2)6-11(5)8-12-7-10(3)4/h9-12H,6-8H2,1-5H3. The minimum Gasteiger partial charge on any atom is -0.316 e. The molecule has 0 radical (unpaired) electrons. The van der Waals surface area contributed by atoms with Crippen molar-refractivity contribution in [2.45, 2.75) is 41.0 Å². The third kappa shape index (κ3) is 8.06. The molecule has 0 fully saturated rings. The van der Waals surface area contributed by atoms with E-state index < -0.39 is 0 Å². The quantitative estimate of drug-likeness (QED) is 0.648. The zero-order valence-electron chi connectivity index (χ0n) is 9.35. The van der Waals surface area contributed by atoms with E-state index in [9.17, 15) is 0 Å². The third-order valence-electron chi connectivity index (χ3n) is 1.92. The highest BCUT2D eigenvalue weighted by Gasteiger charge is 2.04. The van der Waals surface area contributed by atoms with Crippen molar-refractivity contribution in [3.05, 3.63) is 0 Å². The van der Waals surface area contributed by atoms with E-state index in [1.807, 2.05) is 0 Å². The molecule has 0 aliphatic rings. The van der Waals surface area contributed by atoms with Gasteiger partial charge in [0.05, 0.1) is 0 Å². The maximum Gasteiger partial charge on any atom is -0.00229 e. The Morgan fingerprint density at radius 1 is 0.833 bits per heavy atom. The minimum absolute atomic E-state index is 0.774. The van der Waals surface area contributed by atoms with Crippen LogP contribution < -0.4 is 5.32 Å². The van der Waals surface area contributed by atoms with Crippen LogP contribution in [-0.2, 0) is 0 Å². The van der Waals surface area contributed by atoms with Gasteiger partial charge in [0.15, 0.2) is 0 Å². The molecule has 1 unspecified atom stereocenters. The molecule has 0 aromatic rings. The van der Waals surface area contributed by atoms with Crippen molar-refractivity contribution in [1.82, 2.24) is 5.32 Å². The van der Waals surface area contributed by atoms with Crippen molar-refractivity contribution in [2.24, 2.45) is 17.8 Å². The lowest BCUT2D eigenvalue weighted by molar-refractivity contribution is 0.403. The monoisotopic (exact) mass is 171 g/mol. The fourth-order valence-corrected chi connectivity index (χ4v) is 1.51. The molecule has 0 bridgehead atoms. The summed E-state index contributed by atoms with van der Waals surface area (Å²) in [4.78, 5) is 0. The average molecular weight is 171 g/mol.